The van der Waals surface area contributed by atoms with Gasteiger partial charge in [0, 0.05) is 6.54 Å². The number of carbonyl (C=O) groups excluding carboxylic acids is 1. The zero-order valence-electron chi connectivity index (χ0n) is 14.5. The van der Waals surface area contributed by atoms with Crippen LogP contribution < -0.4 is 5.32 Å². The Morgan fingerprint density at radius 2 is 2.00 bits per heavy atom. The molecule has 0 bridgehead atoms. The molecule has 1 N–H and O–H groups in total. The van der Waals surface area contributed by atoms with Crippen LogP contribution in [-0.2, 0) is 13.0 Å². The van der Waals surface area contributed by atoms with Crippen molar-refractivity contribution in [3.8, 4) is 0 Å². The Labute approximate surface area is 144 Å². The van der Waals surface area contributed by atoms with Gasteiger partial charge in [-0.25, -0.2) is 0 Å². The predicted octanol–water partition coefficient (Wildman–Crippen LogP) is 3.80. The first-order valence-corrected chi connectivity index (χ1v) is 9.14. The first-order chi connectivity index (χ1) is 11.8. The monoisotopic (exact) mass is 325 g/mol. The summed E-state index contributed by atoms with van der Waals surface area (Å²) in [5.41, 5.74) is 2.93. The lowest BCUT2D eigenvalue weighted by atomic mass is 10.0. The van der Waals surface area contributed by atoms with E-state index in [9.17, 15) is 4.79 Å². The average molecular weight is 325 g/mol. The van der Waals surface area contributed by atoms with Crippen molar-refractivity contribution < 1.29 is 4.79 Å². The molecule has 4 heteroatoms. The largest absolute Gasteiger partial charge is 0.352 e. The van der Waals surface area contributed by atoms with E-state index in [0.29, 0.717) is 6.54 Å². The summed E-state index contributed by atoms with van der Waals surface area (Å²) in [7, 11) is 0. The van der Waals surface area contributed by atoms with Gasteiger partial charge in [-0.2, -0.15) is 5.10 Å². The average Bonchev–Trinajstić information content (AvgIpc) is 3.25. The number of nitrogens with zero attached hydrogens (tertiary/aromatic N) is 2. The van der Waals surface area contributed by atoms with E-state index in [-0.39, 0.29) is 5.91 Å². The molecular formula is C20H27N3O. The molecule has 24 heavy (non-hydrogen) atoms. The smallest absolute Gasteiger partial charge is 0.254 e. The van der Waals surface area contributed by atoms with Crippen molar-refractivity contribution in [3.63, 3.8) is 0 Å². The SMILES string of the molecule is CCc1c(C(=O)NCCC2CCCC2)cnn1Cc1ccccc1. The van der Waals surface area contributed by atoms with Crippen LogP contribution in [0, 0.1) is 5.92 Å². The van der Waals surface area contributed by atoms with Gasteiger partial charge < -0.3 is 5.32 Å². The molecule has 1 amide bonds. The van der Waals surface area contributed by atoms with E-state index in [2.05, 4.69) is 29.5 Å². The minimum Gasteiger partial charge on any atom is -0.352 e. The van der Waals surface area contributed by atoms with Crippen molar-refractivity contribution in [3.05, 3.63) is 53.3 Å². The van der Waals surface area contributed by atoms with Crippen LogP contribution in [0.2, 0.25) is 0 Å². The van der Waals surface area contributed by atoms with Crippen molar-refractivity contribution in [2.24, 2.45) is 5.92 Å². The normalized spacial score (nSPS) is 14.9. The van der Waals surface area contributed by atoms with Crippen LogP contribution in [0.15, 0.2) is 36.5 Å². The Hall–Kier alpha value is -2.10. The minimum atomic E-state index is 0.0177. The second-order valence-electron chi connectivity index (χ2n) is 6.70. The molecule has 0 saturated heterocycles. The van der Waals surface area contributed by atoms with E-state index >= 15 is 0 Å². The Balaban J connectivity index is 1.61. The van der Waals surface area contributed by atoms with Crippen LogP contribution in [0.4, 0.5) is 0 Å². The third kappa shape index (κ3) is 4.05. The summed E-state index contributed by atoms with van der Waals surface area (Å²) in [5.74, 6) is 0.820. The van der Waals surface area contributed by atoms with Gasteiger partial charge in [-0.1, -0.05) is 62.9 Å². The second-order valence-corrected chi connectivity index (χ2v) is 6.70. The Kier molecular flexibility index (Phi) is 5.68. The van der Waals surface area contributed by atoms with E-state index < -0.39 is 0 Å². The number of hydrogen-bond donors (Lipinski definition) is 1. The fourth-order valence-electron chi connectivity index (χ4n) is 3.65. The lowest BCUT2D eigenvalue weighted by Gasteiger charge is -2.11. The van der Waals surface area contributed by atoms with E-state index in [4.69, 9.17) is 0 Å². The maximum Gasteiger partial charge on any atom is 0.254 e. The number of rotatable bonds is 7. The maximum atomic E-state index is 12.5. The summed E-state index contributed by atoms with van der Waals surface area (Å²) in [6.07, 6.45) is 8.97. The van der Waals surface area contributed by atoms with E-state index in [1.807, 2.05) is 22.9 Å². The van der Waals surface area contributed by atoms with Crippen molar-refractivity contribution in [1.82, 2.24) is 15.1 Å². The van der Waals surface area contributed by atoms with Gasteiger partial charge in [-0.15, -0.1) is 0 Å². The molecule has 0 aliphatic heterocycles. The van der Waals surface area contributed by atoms with Gasteiger partial charge in [0.05, 0.1) is 24.0 Å². The van der Waals surface area contributed by atoms with Gasteiger partial charge in [0.2, 0.25) is 0 Å². The quantitative estimate of drug-likeness (QED) is 0.841. The number of nitrogens with one attached hydrogen (secondary N) is 1. The Morgan fingerprint density at radius 1 is 1.25 bits per heavy atom. The molecule has 1 aromatic heterocycles. The van der Waals surface area contributed by atoms with Crippen LogP contribution in [0.5, 0.6) is 0 Å². The zero-order chi connectivity index (χ0) is 16.8. The van der Waals surface area contributed by atoms with Gasteiger partial charge in [-0.3, -0.25) is 9.48 Å². The Morgan fingerprint density at radius 3 is 2.71 bits per heavy atom. The number of amides is 1. The number of carbonyl (C=O) groups is 1. The highest BCUT2D eigenvalue weighted by atomic mass is 16.1. The first-order valence-electron chi connectivity index (χ1n) is 9.14. The van der Waals surface area contributed by atoms with Crippen LogP contribution in [-0.4, -0.2) is 22.2 Å². The van der Waals surface area contributed by atoms with Crippen molar-refractivity contribution in [1.29, 1.82) is 0 Å². The number of hydrogen-bond acceptors (Lipinski definition) is 2. The van der Waals surface area contributed by atoms with Crippen molar-refractivity contribution in [2.75, 3.05) is 6.54 Å². The number of aromatic nitrogens is 2. The zero-order valence-corrected chi connectivity index (χ0v) is 14.5. The molecule has 0 spiro atoms. The molecule has 1 aliphatic rings. The molecule has 0 unspecified atom stereocenters. The predicted molar refractivity (Wildman–Crippen MR) is 96.1 cm³/mol. The summed E-state index contributed by atoms with van der Waals surface area (Å²) in [6, 6.07) is 10.2. The standard InChI is InChI=1S/C20H27N3O/c1-2-19-18(20(24)21-13-12-16-8-6-7-9-16)14-22-23(19)15-17-10-4-3-5-11-17/h3-5,10-11,14,16H,2,6-9,12-13,15H2,1H3,(H,21,24). The first kappa shape index (κ1) is 16.7. The van der Waals surface area contributed by atoms with E-state index in [1.165, 1.54) is 31.2 Å². The van der Waals surface area contributed by atoms with E-state index in [0.717, 1.165) is 36.6 Å². The molecular weight excluding hydrogens is 298 g/mol. The van der Waals surface area contributed by atoms with E-state index in [1.54, 1.807) is 6.20 Å². The summed E-state index contributed by atoms with van der Waals surface area (Å²) in [6.45, 7) is 3.56. The summed E-state index contributed by atoms with van der Waals surface area (Å²) in [4.78, 5) is 12.5. The summed E-state index contributed by atoms with van der Waals surface area (Å²) < 4.78 is 1.95. The molecule has 2 aromatic rings. The van der Waals surface area contributed by atoms with Crippen LogP contribution in [0.1, 0.15) is 60.6 Å². The van der Waals surface area contributed by atoms with Crippen molar-refractivity contribution in [2.45, 2.75) is 52.0 Å². The van der Waals surface area contributed by atoms with Crippen LogP contribution >= 0.6 is 0 Å². The third-order valence-electron chi connectivity index (χ3n) is 5.02. The number of benzene rings is 1. The topological polar surface area (TPSA) is 46.9 Å². The van der Waals surface area contributed by atoms with Gasteiger partial charge >= 0.3 is 0 Å². The maximum absolute atomic E-state index is 12.5. The molecule has 1 aromatic carbocycles. The lowest BCUT2D eigenvalue weighted by molar-refractivity contribution is 0.0950. The third-order valence-corrected chi connectivity index (χ3v) is 5.02. The van der Waals surface area contributed by atoms with Crippen molar-refractivity contribution >= 4 is 5.91 Å². The highest BCUT2D eigenvalue weighted by Crippen LogP contribution is 2.26. The highest BCUT2D eigenvalue weighted by Gasteiger charge is 2.18. The van der Waals surface area contributed by atoms with Gasteiger partial charge in [0.15, 0.2) is 0 Å². The Bertz CT molecular complexity index is 657. The van der Waals surface area contributed by atoms with Gasteiger partial charge in [-0.05, 0) is 24.3 Å². The summed E-state index contributed by atoms with van der Waals surface area (Å²) in [5, 5.41) is 7.53. The van der Waals surface area contributed by atoms with Crippen LogP contribution in [0.25, 0.3) is 0 Å². The highest BCUT2D eigenvalue weighted by molar-refractivity contribution is 5.95. The molecule has 3 rings (SSSR count). The van der Waals surface area contributed by atoms with Gasteiger partial charge in [0.1, 0.15) is 0 Å². The van der Waals surface area contributed by atoms with Gasteiger partial charge in [0.25, 0.3) is 5.91 Å². The molecule has 128 valence electrons. The summed E-state index contributed by atoms with van der Waals surface area (Å²) >= 11 is 0. The molecule has 1 aliphatic carbocycles. The molecule has 1 fully saturated rings. The van der Waals surface area contributed by atoms with Crippen LogP contribution in [0.3, 0.4) is 0 Å². The molecule has 1 heterocycles. The lowest BCUT2D eigenvalue weighted by Crippen LogP contribution is -2.26. The fourth-order valence-corrected chi connectivity index (χ4v) is 3.65. The molecule has 1 saturated carbocycles. The molecule has 4 nitrogen and oxygen atoms in total. The molecule has 0 radical (unpaired) electrons. The fraction of sp³-hybridized carbons (Fsp3) is 0.500. The molecule has 0 atom stereocenters. The second kappa shape index (κ2) is 8.13. The minimum absolute atomic E-state index is 0.0177.